The van der Waals surface area contributed by atoms with Crippen LogP contribution in [-0.2, 0) is 25.8 Å². The first kappa shape index (κ1) is 7.65. The molecule has 1 rings (SSSR count). The molecule has 1 atom stereocenters. The number of aryl methyl sites for hydroxylation is 1. The van der Waals surface area contributed by atoms with Crippen molar-refractivity contribution in [3.8, 4) is 0 Å². The van der Waals surface area contributed by atoms with Gasteiger partial charge in [0.25, 0.3) is 0 Å². The van der Waals surface area contributed by atoms with Gasteiger partial charge >= 0.3 is 0 Å². The second kappa shape index (κ2) is 3.63. The van der Waals surface area contributed by atoms with Gasteiger partial charge in [-0.1, -0.05) is 12.1 Å². The van der Waals surface area contributed by atoms with Crippen LogP contribution in [0.2, 0.25) is 0 Å². The van der Waals surface area contributed by atoms with Crippen molar-refractivity contribution >= 4 is 8.19 Å². The molecular formula is C5H7PSc. The maximum absolute atomic E-state index is 2.19. The van der Waals surface area contributed by atoms with Crippen molar-refractivity contribution in [3.63, 3.8) is 0 Å². The van der Waals surface area contributed by atoms with Crippen LogP contribution in [-0.4, -0.2) is 0 Å². The smallest absolute Gasteiger partial charge is 0 e. The molecule has 0 nitrogen and oxygen atoms in total. The molecule has 0 amide bonds. The zero-order valence-corrected chi connectivity index (χ0v) is 7.11. The fraction of sp³-hybridized carbons (Fsp3) is 0.200. The number of hydrogen-bond acceptors (Lipinski definition) is 0. The van der Waals surface area contributed by atoms with E-state index in [1.165, 1.54) is 5.30 Å². The van der Waals surface area contributed by atoms with E-state index in [-0.39, 0.29) is 25.8 Å². The van der Waals surface area contributed by atoms with Crippen molar-refractivity contribution in [2.45, 2.75) is 6.92 Å². The Hall–Kier alpha value is 0.650. The minimum atomic E-state index is 0. The fourth-order valence-electron chi connectivity index (χ4n) is 0.420. The van der Waals surface area contributed by atoms with Crippen molar-refractivity contribution in [3.05, 3.63) is 23.2 Å². The zero-order valence-electron chi connectivity index (χ0n) is 4.31. The van der Waals surface area contributed by atoms with Crippen LogP contribution in [0.5, 0.6) is 0 Å². The van der Waals surface area contributed by atoms with Crippen molar-refractivity contribution in [1.29, 1.82) is 0 Å². The van der Waals surface area contributed by atoms with Crippen LogP contribution in [0.3, 0.4) is 0 Å². The van der Waals surface area contributed by atoms with E-state index in [4.69, 9.17) is 0 Å². The monoisotopic (exact) mass is 143 g/mol. The third kappa shape index (κ3) is 2.46. The maximum Gasteiger partial charge on any atom is 0 e. The third-order valence-electron chi connectivity index (χ3n) is 0.753. The van der Waals surface area contributed by atoms with Gasteiger partial charge in [0.05, 0.1) is 0 Å². The van der Waals surface area contributed by atoms with E-state index in [0.717, 1.165) is 8.19 Å². The Labute approximate surface area is 64.2 Å². The van der Waals surface area contributed by atoms with Crippen molar-refractivity contribution in [2.24, 2.45) is 0 Å². The second-order valence-electron chi connectivity index (χ2n) is 1.35. The van der Waals surface area contributed by atoms with Crippen molar-refractivity contribution < 1.29 is 25.8 Å². The summed E-state index contributed by atoms with van der Waals surface area (Å²) >= 11 is 0. The molecule has 0 fully saturated rings. The molecule has 0 saturated carbocycles. The van der Waals surface area contributed by atoms with E-state index >= 15 is 0 Å². The molecule has 35 valence electrons. The summed E-state index contributed by atoms with van der Waals surface area (Å²) < 4.78 is 0. The van der Waals surface area contributed by atoms with Gasteiger partial charge in [-0.05, 0) is 18.0 Å². The Balaban J connectivity index is 0.000000360. The van der Waals surface area contributed by atoms with Gasteiger partial charge in [-0.3, -0.25) is 0 Å². The molecule has 1 aromatic rings. The molecule has 7 heavy (non-hydrogen) atoms. The van der Waals surface area contributed by atoms with Crippen LogP contribution in [0.25, 0.3) is 0 Å². The fourth-order valence-corrected chi connectivity index (χ4v) is 1.07. The minimum absolute atomic E-state index is 0. The van der Waals surface area contributed by atoms with Gasteiger partial charge in [0.1, 0.15) is 0 Å². The molecule has 1 aromatic heterocycles. The van der Waals surface area contributed by atoms with Crippen LogP contribution in [0.1, 0.15) is 5.30 Å². The topological polar surface area (TPSA) is 0 Å². The van der Waals surface area contributed by atoms with Crippen LogP contribution in [0.4, 0.5) is 0 Å². The minimum Gasteiger partial charge on any atom is -0.137 e. The van der Waals surface area contributed by atoms with Gasteiger partial charge in [0, 0.05) is 25.8 Å². The summed E-state index contributed by atoms with van der Waals surface area (Å²) in [4.78, 5) is 0. The van der Waals surface area contributed by atoms with E-state index in [1.54, 1.807) is 0 Å². The zero-order chi connectivity index (χ0) is 4.41. The molecule has 0 aliphatic carbocycles. The van der Waals surface area contributed by atoms with Gasteiger partial charge in [-0.25, -0.2) is 0 Å². The van der Waals surface area contributed by atoms with Gasteiger partial charge in [-0.15, -0.1) is 8.19 Å². The molecule has 0 N–H and O–H groups in total. The van der Waals surface area contributed by atoms with E-state index in [0.29, 0.717) is 0 Å². The van der Waals surface area contributed by atoms with Gasteiger partial charge < -0.3 is 0 Å². The summed E-state index contributed by atoms with van der Waals surface area (Å²) in [5.74, 6) is 2.19. The third-order valence-corrected chi connectivity index (χ3v) is 1.73. The SMILES string of the molecule is Cc1ccc[pH]1.[Sc]. The molecule has 1 radical (unpaired) electrons. The predicted octanol–water partition coefficient (Wildman–Crippen LogP) is 2.02. The Morgan fingerprint density at radius 3 is 2.43 bits per heavy atom. The first-order valence-corrected chi connectivity index (χ1v) is 3.07. The standard InChI is InChI=1S/C5H7P.Sc/c1-5-3-2-4-6-5;/h2-4,6H,1H3;. The van der Waals surface area contributed by atoms with E-state index < -0.39 is 0 Å². The van der Waals surface area contributed by atoms with Gasteiger partial charge in [0.2, 0.25) is 0 Å². The molecule has 2 heteroatoms. The Morgan fingerprint density at radius 1 is 1.57 bits per heavy atom. The van der Waals surface area contributed by atoms with Crippen molar-refractivity contribution in [1.82, 2.24) is 0 Å². The molecule has 1 heterocycles. The van der Waals surface area contributed by atoms with Crippen LogP contribution >= 0.6 is 8.19 Å². The first-order chi connectivity index (χ1) is 2.89. The summed E-state index contributed by atoms with van der Waals surface area (Å²) in [6.45, 7) is 2.15. The largest absolute Gasteiger partial charge is 0.137 e. The Bertz CT molecular complexity index is 112. The molecule has 0 aromatic carbocycles. The summed E-state index contributed by atoms with van der Waals surface area (Å²) in [6, 6.07) is 4.26. The molecule has 0 aliphatic rings. The quantitative estimate of drug-likeness (QED) is 0.521. The summed E-state index contributed by atoms with van der Waals surface area (Å²) in [7, 11) is 0.963. The van der Waals surface area contributed by atoms with Crippen molar-refractivity contribution in [2.75, 3.05) is 0 Å². The van der Waals surface area contributed by atoms with Gasteiger partial charge in [-0.2, -0.15) is 0 Å². The molecule has 0 spiro atoms. The predicted molar refractivity (Wildman–Crippen MR) is 30.7 cm³/mol. The molecular weight excluding hydrogens is 136 g/mol. The Morgan fingerprint density at radius 2 is 2.29 bits per heavy atom. The van der Waals surface area contributed by atoms with E-state index in [1.807, 2.05) is 0 Å². The molecule has 0 saturated heterocycles. The normalized spacial score (nSPS) is 8.71. The molecule has 0 aliphatic heterocycles. The summed E-state index contributed by atoms with van der Waals surface area (Å²) in [5, 5.41) is 1.50. The summed E-state index contributed by atoms with van der Waals surface area (Å²) in [5.41, 5.74) is 0. The second-order valence-corrected chi connectivity index (χ2v) is 2.76. The van der Waals surface area contributed by atoms with Crippen LogP contribution in [0, 0.1) is 6.92 Å². The first-order valence-electron chi connectivity index (χ1n) is 1.99. The summed E-state index contributed by atoms with van der Waals surface area (Å²) in [6.07, 6.45) is 0. The molecule has 1 unspecified atom stereocenters. The van der Waals surface area contributed by atoms with Gasteiger partial charge in [0.15, 0.2) is 0 Å². The van der Waals surface area contributed by atoms with E-state index in [2.05, 4.69) is 24.9 Å². The van der Waals surface area contributed by atoms with Crippen LogP contribution < -0.4 is 0 Å². The number of rotatable bonds is 0. The molecule has 0 bridgehead atoms. The Kier molecular flexibility index (Phi) is 3.96. The average Bonchev–Trinajstić information content (AvgIpc) is 1.86. The van der Waals surface area contributed by atoms with Crippen LogP contribution in [0.15, 0.2) is 17.9 Å². The van der Waals surface area contributed by atoms with E-state index in [9.17, 15) is 0 Å². The number of hydrogen-bond donors (Lipinski definition) is 0. The maximum atomic E-state index is 2.19. The average molecular weight is 143 g/mol.